The number of fused-ring (bicyclic) bond motifs is 1. The molecule has 0 bridgehead atoms. The van der Waals surface area contributed by atoms with Crippen LogP contribution in [0.2, 0.25) is 5.15 Å². The number of carbonyl (C=O) groups excluding carboxylic acids is 1. The van der Waals surface area contributed by atoms with Gasteiger partial charge in [0.15, 0.2) is 6.29 Å². The molecule has 0 amide bonds. The second kappa shape index (κ2) is 3.35. The van der Waals surface area contributed by atoms with Crippen molar-refractivity contribution in [2.24, 2.45) is 0 Å². The third-order valence-electron chi connectivity index (χ3n) is 2.00. The molecule has 1 aromatic carbocycles. The molecule has 4 heteroatoms. The molecule has 0 radical (unpaired) electrons. The minimum absolute atomic E-state index is 0.0202. The van der Waals surface area contributed by atoms with Crippen LogP contribution in [0.4, 0.5) is 4.39 Å². The van der Waals surface area contributed by atoms with Crippen molar-refractivity contribution >= 4 is 28.7 Å². The summed E-state index contributed by atoms with van der Waals surface area (Å²) in [6.07, 6.45) is 1.92. The van der Waals surface area contributed by atoms with E-state index < -0.39 is 5.82 Å². The third-order valence-corrected chi connectivity index (χ3v) is 2.30. The van der Waals surface area contributed by atoms with Gasteiger partial charge in [-0.2, -0.15) is 0 Å². The number of nitrogens with zero attached hydrogens (tertiary/aromatic N) is 1. The summed E-state index contributed by atoms with van der Waals surface area (Å²) < 4.78 is 13.2. The Morgan fingerprint density at radius 3 is 2.79 bits per heavy atom. The summed E-state index contributed by atoms with van der Waals surface area (Å²) in [5.41, 5.74) is 0.0202. The summed E-state index contributed by atoms with van der Waals surface area (Å²) in [4.78, 5) is 14.5. The molecule has 2 rings (SSSR count). The Morgan fingerprint density at radius 1 is 1.29 bits per heavy atom. The van der Waals surface area contributed by atoms with Crippen LogP contribution >= 0.6 is 11.6 Å². The minimum atomic E-state index is -0.547. The van der Waals surface area contributed by atoms with Gasteiger partial charge in [0.2, 0.25) is 0 Å². The number of hydrogen-bond donors (Lipinski definition) is 0. The molecule has 0 aliphatic carbocycles. The van der Waals surface area contributed by atoms with Crippen LogP contribution in [0.3, 0.4) is 0 Å². The molecule has 2 nitrogen and oxygen atoms in total. The van der Waals surface area contributed by atoms with Gasteiger partial charge >= 0.3 is 0 Å². The third kappa shape index (κ3) is 1.26. The Morgan fingerprint density at radius 2 is 2.07 bits per heavy atom. The van der Waals surface area contributed by atoms with E-state index in [0.717, 1.165) is 0 Å². The van der Waals surface area contributed by atoms with Crippen molar-refractivity contribution < 1.29 is 9.18 Å². The molecule has 0 saturated heterocycles. The predicted molar refractivity (Wildman–Crippen MR) is 52.1 cm³/mol. The molecule has 0 unspecified atom stereocenters. The van der Waals surface area contributed by atoms with E-state index in [4.69, 9.17) is 11.6 Å². The lowest BCUT2D eigenvalue weighted by atomic mass is 10.1. The van der Waals surface area contributed by atoms with E-state index in [1.165, 1.54) is 18.3 Å². The molecule has 0 atom stereocenters. The number of aldehydes is 1. The lowest BCUT2D eigenvalue weighted by Crippen LogP contribution is -1.90. The molecule has 0 N–H and O–H groups in total. The SMILES string of the molecule is O=Cc1c(F)ccc2c(Cl)nccc12. The topological polar surface area (TPSA) is 30.0 Å². The number of carbonyl (C=O) groups is 1. The van der Waals surface area contributed by atoms with Gasteiger partial charge in [0.05, 0.1) is 5.56 Å². The Balaban J connectivity index is 2.95. The van der Waals surface area contributed by atoms with Crippen LogP contribution in [-0.4, -0.2) is 11.3 Å². The Kier molecular flexibility index (Phi) is 2.17. The lowest BCUT2D eigenvalue weighted by Gasteiger charge is -2.02. The Bertz CT molecular complexity index is 513. The molecule has 0 saturated carbocycles. The highest BCUT2D eigenvalue weighted by atomic mass is 35.5. The fraction of sp³-hybridized carbons (Fsp3) is 0. The summed E-state index contributed by atoms with van der Waals surface area (Å²) in [7, 11) is 0. The zero-order valence-electron chi connectivity index (χ0n) is 7.00. The highest BCUT2D eigenvalue weighted by molar-refractivity contribution is 6.34. The maximum atomic E-state index is 13.2. The van der Waals surface area contributed by atoms with Crippen molar-refractivity contribution in [3.63, 3.8) is 0 Å². The Labute approximate surface area is 84.3 Å². The first-order valence-electron chi connectivity index (χ1n) is 3.92. The summed E-state index contributed by atoms with van der Waals surface area (Å²) in [5.74, 6) is -0.547. The van der Waals surface area contributed by atoms with Gasteiger partial charge in [-0.3, -0.25) is 4.79 Å². The highest BCUT2D eigenvalue weighted by Gasteiger charge is 2.08. The van der Waals surface area contributed by atoms with E-state index in [9.17, 15) is 9.18 Å². The van der Waals surface area contributed by atoms with Crippen molar-refractivity contribution in [2.45, 2.75) is 0 Å². The van der Waals surface area contributed by atoms with Gasteiger partial charge in [-0.05, 0) is 23.6 Å². The zero-order chi connectivity index (χ0) is 10.1. The minimum Gasteiger partial charge on any atom is -0.298 e. The van der Waals surface area contributed by atoms with Gasteiger partial charge < -0.3 is 0 Å². The van der Waals surface area contributed by atoms with Crippen molar-refractivity contribution in [1.82, 2.24) is 4.98 Å². The Hall–Kier alpha value is -1.48. The van der Waals surface area contributed by atoms with Crippen LogP contribution in [0.15, 0.2) is 24.4 Å². The largest absolute Gasteiger partial charge is 0.298 e. The first kappa shape index (κ1) is 9.09. The van der Waals surface area contributed by atoms with Gasteiger partial charge in [-0.15, -0.1) is 0 Å². The number of rotatable bonds is 1. The van der Waals surface area contributed by atoms with Crippen molar-refractivity contribution in [1.29, 1.82) is 0 Å². The van der Waals surface area contributed by atoms with Gasteiger partial charge in [0, 0.05) is 11.6 Å². The van der Waals surface area contributed by atoms with Crippen LogP contribution in [-0.2, 0) is 0 Å². The van der Waals surface area contributed by atoms with E-state index in [2.05, 4.69) is 4.98 Å². The van der Waals surface area contributed by atoms with E-state index in [0.29, 0.717) is 17.1 Å². The van der Waals surface area contributed by atoms with Crippen molar-refractivity contribution in [3.8, 4) is 0 Å². The molecule has 0 aliphatic rings. The first-order valence-corrected chi connectivity index (χ1v) is 4.29. The molecule has 1 aromatic heterocycles. The summed E-state index contributed by atoms with van der Waals surface area (Å²) in [5, 5.41) is 1.34. The highest BCUT2D eigenvalue weighted by Crippen LogP contribution is 2.24. The molecular formula is C10H5ClFNO. The fourth-order valence-electron chi connectivity index (χ4n) is 1.34. The van der Waals surface area contributed by atoms with Crippen LogP contribution < -0.4 is 0 Å². The number of benzene rings is 1. The zero-order valence-corrected chi connectivity index (χ0v) is 7.75. The van der Waals surface area contributed by atoms with Crippen LogP contribution in [0.1, 0.15) is 10.4 Å². The van der Waals surface area contributed by atoms with Crippen molar-refractivity contribution in [2.75, 3.05) is 0 Å². The van der Waals surface area contributed by atoms with Crippen molar-refractivity contribution in [3.05, 3.63) is 40.9 Å². The number of pyridine rings is 1. The first-order chi connectivity index (χ1) is 6.74. The second-order valence-corrected chi connectivity index (χ2v) is 3.13. The van der Waals surface area contributed by atoms with E-state index >= 15 is 0 Å². The molecule has 1 heterocycles. The average Bonchev–Trinajstić information content (AvgIpc) is 2.18. The summed E-state index contributed by atoms with van der Waals surface area (Å²) in [6, 6.07) is 4.28. The monoisotopic (exact) mass is 209 g/mol. The average molecular weight is 210 g/mol. The van der Waals surface area contributed by atoms with Gasteiger partial charge in [-0.25, -0.2) is 9.37 Å². The molecular weight excluding hydrogens is 205 g/mol. The maximum absolute atomic E-state index is 13.2. The lowest BCUT2D eigenvalue weighted by molar-refractivity contribution is 0.112. The summed E-state index contributed by atoms with van der Waals surface area (Å²) in [6.45, 7) is 0. The molecule has 2 aromatic rings. The second-order valence-electron chi connectivity index (χ2n) is 2.78. The van der Waals surface area contributed by atoms with Gasteiger partial charge in [0.25, 0.3) is 0 Å². The number of halogens is 2. The van der Waals surface area contributed by atoms with Crippen LogP contribution in [0, 0.1) is 5.82 Å². The van der Waals surface area contributed by atoms with E-state index in [-0.39, 0.29) is 10.7 Å². The molecule has 70 valence electrons. The predicted octanol–water partition coefficient (Wildman–Crippen LogP) is 2.84. The van der Waals surface area contributed by atoms with E-state index in [1.54, 1.807) is 6.07 Å². The van der Waals surface area contributed by atoms with E-state index in [1.807, 2.05) is 0 Å². The van der Waals surface area contributed by atoms with Crippen LogP contribution in [0.25, 0.3) is 10.8 Å². The fourth-order valence-corrected chi connectivity index (χ4v) is 1.56. The van der Waals surface area contributed by atoms with Crippen LogP contribution in [0.5, 0.6) is 0 Å². The molecule has 14 heavy (non-hydrogen) atoms. The smallest absolute Gasteiger partial charge is 0.153 e. The molecule has 0 fully saturated rings. The number of hydrogen-bond acceptors (Lipinski definition) is 2. The van der Waals surface area contributed by atoms with Gasteiger partial charge in [-0.1, -0.05) is 11.6 Å². The normalized spacial score (nSPS) is 10.4. The standard InChI is InChI=1S/C10H5ClFNO/c11-10-7-1-2-9(12)8(5-14)6(7)3-4-13-10/h1-5H. The summed E-state index contributed by atoms with van der Waals surface area (Å²) >= 11 is 5.79. The number of aromatic nitrogens is 1. The molecule has 0 aliphatic heterocycles. The maximum Gasteiger partial charge on any atom is 0.153 e. The molecule has 0 spiro atoms. The quantitative estimate of drug-likeness (QED) is 0.534. The van der Waals surface area contributed by atoms with Gasteiger partial charge in [0.1, 0.15) is 11.0 Å².